The number of nitrogens with one attached hydrogen (secondary N) is 1. The monoisotopic (exact) mass is 470 g/mol. The van der Waals surface area contributed by atoms with Crippen molar-refractivity contribution in [1.82, 2.24) is 20.4 Å². The summed E-state index contributed by atoms with van der Waals surface area (Å²) in [5.74, 6) is 0.681. The molecule has 0 fully saturated rings. The van der Waals surface area contributed by atoms with Gasteiger partial charge in [-0.15, -0.1) is 0 Å². The van der Waals surface area contributed by atoms with Gasteiger partial charge in [-0.2, -0.15) is 0 Å². The lowest BCUT2D eigenvalue weighted by atomic mass is 10.1. The zero-order valence-corrected chi connectivity index (χ0v) is 19.4. The number of ether oxygens (including phenoxy) is 1. The SMILES string of the molecule is COc1ccc(CCNC(=O)c2cc(CN(Cc3ccccc3)C(=O)c3cccnc3)on2)cc1. The molecule has 0 radical (unpaired) electrons. The van der Waals surface area contributed by atoms with E-state index in [2.05, 4.69) is 15.5 Å². The van der Waals surface area contributed by atoms with Crippen molar-refractivity contribution in [2.75, 3.05) is 13.7 Å². The van der Waals surface area contributed by atoms with E-state index in [0.29, 0.717) is 30.8 Å². The third-order valence-corrected chi connectivity index (χ3v) is 5.41. The average Bonchev–Trinajstić information content (AvgIpc) is 3.38. The predicted molar refractivity (Wildman–Crippen MR) is 130 cm³/mol. The number of amides is 2. The Balaban J connectivity index is 1.39. The highest BCUT2D eigenvalue weighted by molar-refractivity contribution is 5.94. The van der Waals surface area contributed by atoms with Crippen molar-refractivity contribution in [3.63, 3.8) is 0 Å². The minimum absolute atomic E-state index is 0.161. The van der Waals surface area contributed by atoms with E-state index in [1.165, 1.54) is 6.20 Å². The summed E-state index contributed by atoms with van der Waals surface area (Å²) in [7, 11) is 1.62. The molecular formula is C27H26N4O4. The first-order valence-electron chi connectivity index (χ1n) is 11.2. The predicted octanol–water partition coefficient (Wildman–Crippen LogP) is 3.89. The molecular weight excluding hydrogens is 444 g/mol. The van der Waals surface area contributed by atoms with Gasteiger partial charge in [0.25, 0.3) is 11.8 Å². The van der Waals surface area contributed by atoms with Crippen LogP contribution >= 0.6 is 0 Å². The molecule has 8 nitrogen and oxygen atoms in total. The van der Waals surface area contributed by atoms with Crippen LogP contribution in [0.25, 0.3) is 0 Å². The fraction of sp³-hybridized carbons (Fsp3) is 0.185. The molecule has 2 aromatic carbocycles. The quantitative estimate of drug-likeness (QED) is 0.378. The largest absolute Gasteiger partial charge is 0.497 e. The molecule has 0 saturated heterocycles. The number of hydrogen-bond donors (Lipinski definition) is 1. The van der Waals surface area contributed by atoms with E-state index in [0.717, 1.165) is 16.9 Å². The number of nitrogens with zero attached hydrogens (tertiary/aromatic N) is 3. The Hall–Kier alpha value is -4.46. The Morgan fingerprint density at radius 2 is 1.77 bits per heavy atom. The van der Waals surface area contributed by atoms with Crippen molar-refractivity contribution in [2.45, 2.75) is 19.5 Å². The molecule has 4 rings (SSSR count). The number of carbonyl (C=O) groups is 2. The number of pyridine rings is 1. The smallest absolute Gasteiger partial charge is 0.273 e. The van der Waals surface area contributed by atoms with Gasteiger partial charge in [-0.05, 0) is 41.8 Å². The molecule has 0 saturated carbocycles. The summed E-state index contributed by atoms with van der Waals surface area (Å²) in [5, 5.41) is 6.75. The zero-order chi connectivity index (χ0) is 24.5. The van der Waals surface area contributed by atoms with Crippen LogP contribution in [0.4, 0.5) is 0 Å². The molecule has 2 aromatic heterocycles. The van der Waals surface area contributed by atoms with Gasteiger partial charge in [0.05, 0.1) is 19.2 Å². The summed E-state index contributed by atoms with van der Waals surface area (Å²) in [6.45, 7) is 0.986. The first kappa shape index (κ1) is 23.7. The van der Waals surface area contributed by atoms with Crippen LogP contribution in [-0.2, 0) is 19.5 Å². The fourth-order valence-corrected chi connectivity index (χ4v) is 3.56. The number of benzene rings is 2. The van der Waals surface area contributed by atoms with Crippen LogP contribution in [-0.4, -0.2) is 40.5 Å². The summed E-state index contributed by atoms with van der Waals surface area (Å²) in [6.07, 6.45) is 3.82. The first-order chi connectivity index (χ1) is 17.1. The van der Waals surface area contributed by atoms with E-state index >= 15 is 0 Å². The highest BCUT2D eigenvalue weighted by atomic mass is 16.5. The number of aromatic nitrogens is 2. The van der Waals surface area contributed by atoms with E-state index in [1.807, 2.05) is 54.6 Å². The molecule has 0 spiro atoms. The molecule has 2 amide bonds. The summed E-state index contributed by atoms with van der Waals surface area (Å²) in [4.78, 5) is 31.4. The minimum atomic E-state index is -0.332. The summed E-state index contributed by atoms with van der Waals surface area (Å²) in [6, 6.07) is 22.4. The average molecular weight is 471 g/mol. The second kappa shape index (κ2) is 11.6. The van der Waals surface area contributed by atoms with Crippen LogP contribution in [0.3, 0.4) is 0 Å². The summed E-state index contributed by atoms with van der Waals surface area (Å²) >= 11 is 0. The first-order valence-corrected chi connectivity index (χ1v) is 11.2. The molecule has 178 valence electrons. The van der Waals surface area contributed by atoms with Gasteiger partial charge in [-0.1, -0.05) is 47.6 Å². The van der Waals surface area contributed by atoms with Crippen molar-refractivity contribution in [2.24, 2.45) is 0 Å². The van der Waals surface area contributed by atoms with Crippen molar-refractivity contribution < 1.29 is 18.8 Å². The van der Waals surface area contributed by atoms with Gasteiger partial charge in [0, 0.05) is 31.5 Å². The maximum atomic E-state index is 13.1. The van der Waals surface area contributed by atoms with E-state index in [1.54, 1.807) is 36.4 Å². The Bertz CT molecular complexity index is 1240. The number of rotatable bonds is 10. The van der Waals surface area contributed by atoms with Crippen molar-refractivity contribution in [3.8, 4) is 5.75 Å². The van der Waals surface area contributed by atoms with Gasteiger partial charge >= 0.3 is 0 Å². The van der Waals surface area contributed by atoms with E-state index in [-0.39, 0.29) is 24.1 Å². The molecule has 0 aliphatic heterocycles. The molecule has 0 atom stereocenters. The lowest BCUT2D eigenvalue weighted by Crippen LogP contribution is -2.30. The molecule has 4 aromatic rings. The fourth-order valence-electron chi connectivity index (χ4n) is 3.56. The van der Waals surface area contributed by atoms with Crippen LogP contribution in [0.5, 0.6) is 5.75 Å². The van der Waals surface area contributed by atoms with Gasteiger partial charge < -0.3 is 19.5 Å². The Labute approximate surface area is 203 Å². The van der Waals surface area contributed by atoms with Crippen LogP contribution in [0.2, 0.25) is 0 Å². The standard InChI is InChI=1S/C27H26N4O4/c1-34-23-11-9-20(10-12-23)13-15-29-26(32)25-16-24(35-30-25)19-31(18-21-6-3-2-4-7-21)27(33)22-8-5-14-28-17-22/h2-12,14,16-17H,13,15,18-19H2,1H3,(H,29,32). The molecule has 1 N–H and O–H groups in total. The van der Waals surface area contributed by atoms with Gasteiger partial charge in [0.1, 0.15) is 5.75 Å². The van der Waals surface area contributed by atoms with Gasteiger partial charge in [-0.3, -0.25) is 14.6 Å². The number of methoxy groups -OCH3 is 1. The highest BCUT2D eigenvalue weighted by Gasteiger charge is 2.20. The summed E-state index contributed by atoms with van der Waals surface area (Å²) in [5.41, 5.74) is 2.70. The van der Waals surface area contributed by atoms with E-state index in [4.69, 9.17) is 9.26 Å². The zero-order valence-electron chi connectivity index (χ0n) is 19.4. The molecule has 0 unspecified atom stereocenters. The molecule has 0 bridgehead atoms. The van der Waals surface area contributed by atoms with Crippen LogP contribution in [0.1, 0.15) is 37.7 Å². The molecule has 35 heavy (non-hydrogen) atoms. The molecule has 0 aliphatic rings. The number of carbonyl (C=O) groups excluding carboxylic acids is 2. The van der Waals surface area contributed by atoms with Crippen LogP contribution < -0.4 is 10.1 Å². The van der Waals surface area contributed by atoms with Crippen LogP contribution in [0.15, 0.2) is 89.7 Å². The molecule has 8 heteroatoms. The highest BCUT2D eigenvalue weighted by Crippen LogP contribution is 2.15. The lowest BCUT2D eigenvalue weighted by Gasteiger charge is -2.21. The lowest BCUT2D eigenvalue weighted by molar-refractivity contribution is 0.0712. The third-order valence-electron chi connectivity index (χ3n) is 5.41. The normalized spacial score (nSPS) is 10.5. The Morgan fingerprint density at radius 3 is 2.49 bits per heavy atom. The van der Waals surface area contributed by atoms with E-state index < -0.39 is 0 Å². The molecule has 0 aliphatic carbocycles. The Kier molecular flexibility index (Phi) is 7.85. The summed E-state index contributed by atoms with van der Waals surface area (Å²) < 4.78 is 10.6. The van der Waals surface area contributed by atoms with Gasteiger partial charge in [0.15, 0.2) is 11.5 Å². The van der Waals surface area contributed by atoms with Crippen molar-refractivity contribution >= 4 is 11.8 Å². The van der Waals surface area contributed by atoms with Crippen molar-refractivity contribution in [3.05, 3.63) is 113 Å². The second-order valence-electron chi connectivity index (χ2n) is 7.92. The van der Waals surface area contributed by atoms with Gasteiger partial charge in [0.2, 0.25) is 0 Å². The maximum absolute atomic E-state index is 13.1. The van der Waals surface area contributed by atoms with E-state index in [9.17, 15) is 9.59 Å². The maximum Gasteiger partial charge on any atom is 0.273 e. The van der Waals surface area contributed by atoms with Crippen LogP contribution in [0, 0.1) is 0 Å². The Morgan fingerprint density at radius 1 is 0.971 bits per heavy atom. The van der Waals surface area contributed by atoms with Crippen molar-refractivity contribution in [1.29, 1.82) is 0 Å². The minimum Gasteiger partial charge on any atom is -0.497 e. The van der Waals surface area contributed by atoms with Gasteiger partial charge in [-0.25, -0.2) is 0 Å². The topological polar surface area (TPSA) is 97.6 Å². The second-order valence-corrected chi connectivity index (χ2v) is 7.92. The third kappa shape index (κ3) is 6.54. The number of hydrogen-bond acceptors (Lipinski definition) is 6. The molecule has 2 heterocycles.